The summed E-state index contributed by atoms with van der Waals surface area (Å²) in [5, 5.41) is 20.4. The molecule has 0 spiro atoms. The summed E-state index contributed by atoms with van der Waals surface area (Å²) in [5.41, 5.74) is 3.35. The zero-order valence-corrected chi connectivity index (χ0v) is 18.1. The topological polar surface area (TPSA) is 40.5 Å². The van der Waals surface area contributed by atoms with E-state index in [-0.39, 0.29) is 5.92 Å². The van der Waals surface area contributed by atoms with Crippen LogP contribution in [0, 0.1) is 29.1 Å². The van der Waals surface area contributed by atoms with Crippen LogP contribution >= 0.6 is 0 Å². The Hall–Kier alpha value is -0.600. The summed E-state index contributed by atoms with van der Waals surface area (Å²) in [6.07, 6.45) is 16.0. The minimum Gasteiger partial charge on any atom is -0.392 e. The van der Waals surface area contributed by atoms with E-state index in [9.17, 15) is 10.2 Å². The van der Waals surface area contributed by atoms with Crippen LogP contribution in [-0.4, -0.2) is 22.4 Å². The fraction of sp³-hybridized carbons (Fsp3) is 0.840. The summed E-state index contributed by atoms with van der Waals surface area (Å²) in [6.45, 7) is 9.34. The van der Waals surface area contributed by atoms with Crippen LogP contribution in [0.3, 0.4) is 0 Å². The molecular weight excluding hydrogens is 332 g/mol. The van der Waals surface area contributed by atoms with Gasteiger partial charge in [-0.25, -0.2) is 0 Å². The fourth-order valence-electron chi connectivity index (χ4n) is 6.55. The van der Waals surface area contributed by atoms with E-state index in [4.69, 9.17) is 0 Å². The van der Waals surface area contributed by atoms with E-state index in [1.54, 1.807) is 5.57 Å². The molecule has 2 unspecified atom stereocenters. The van der Waals surface area contributed by atoms with Gasteiger partial charge in [0, 0.05) is 5.92 Å². The van der Waals surface area contributed by atoms with E-state index in [1.165, 1.54) is 56.9 Å². The smallest absolute Gasteiger partial charge is 0.0627 e. The predicted molar refractivity (Wildman–Crippen MR) is 113 cm³/mol. The number of rotatable bonds is 5. The Morgan fingerprint density at radius 1 is 1.15 bits per heavy atom. The fourth-order valence-corrected chi connectivity index (χ4v) is 6.55. The van der Waals surface area contributed by atoms with Gasteiger partial charge in [-0.2, -0.15) is 0 Å². The van der Waals surface area contributed by atoms with Gasteiger partial charge in [-0.05, 0) is 68.1 Å². The van der Waals surface area contributed by atoms with Gasteiger partial charge in [0.05, 0.1) is 12.2 Å². The minimum absolute atomic E-state index is 0.00651. The monoisotopic (exact) mass is 374 g/mol. The van der Waals surface area contributed by atoms with E-state index < -0.39 is 12.2 Å². The second-order valence-electron chi connectivity index (χ2n) is 10.2. The zero-order chi connectivity index (χ0) is 19.6. The molecule has 0 heterocycles. The number of aliphatic hydroxyl groups is 2. The quantitative estimate of drug-likeness (QED) is 0.616. The van der Waals surface area contributed by atoms with Gasteiger partial charge in [-0.1, -0.05) is 70.3 Å². The predicted octanol–water partition coefficient (Wildman–Crippen LogP) is 6.03. The zero-order valence-electron chi connectivity index (χ0n) is 18.1. The number of aliphatic hydroxyl groups excluding tert-OH is 2. The minimum atomic E-state index is -0.398. The largest absolute Gasteiger partial charge is 0.392 e. The second-order valence-corrected chi connectivity index (χ2v) is 10.2. The molecule has 27 heavy (non-hydrogen) atoms. The van der Waals surface area contributed by atoms with Crippen molar-refractivity contribution in [2.24, 2.45) is 29.1 Å². The number of hydrogen-bond acceptors (Lipinski definition) is 2. The van der Waals surface area contributed by atoms with Gasteiger partial charge in [-0.3, -0.25) is 0 Å². The molecule has 0 radical (unpaired) electrons. The highest BCUT2D eigenvalue weighted by Crippen LogP contribution is 2.59. The van der Waals surface area contributed by atoms with Crippen molar-refractivity contribution in [2.45, 2.75) is 104 Å². The molecular formula is C25H42O2. The second kappa shape index (κ2) is 8.82. The van der Waals surface area contributed by atoms with Gasteiger partial charge in [0.25, 0.3) is 0 Å². The van der Waals surface area contributed by atoms with Gasteiger partial charge in [0.15, 0.2) is 0 Å². The van der Waals surface area contributed by atoms with E-state index in [2.05, 4.69) is 32.9 Å². The van der Waals surface area contributed by atoms with E-state index in [0.29, 0.717) is 5.41 Å². The van der Waals surface area contributed by atoms with E-state index >= 15 is 0 Å². The number of fused-ring (bicyclic) bond motifs is 1. The van der Waals surface area contributed by atoms with Gasteiger partial charge < -0.3 is 10.2 Å². The van der Waals surface area contributed by atoms with Gasteiger partial charge in [-0.15, -0.1) is 0 Å². The number of hydrogen-bond donors (Lipinski definition) is 2. The third kappa shape index (κ3) is 4.37. The molecule has 0 saturated heterocycles. The summed E-state index contributed by atoms with van der Waals surface area (Å²) in [6, 6.07) is 0. The molecule has 0 aliphatic heterocycles. The van der Waals surface area contributed by atoms with Crippen molar-refractivity contribution in [3.63, 3.8) is 0 Å². The van der Waals surface area contributed by atoms with Crippen molar-refractivity contribution in [3.8, 4) is 0 Å². The molecule has 154 valence electrons. The molecule has 0 aromatic rings. The van der Waals surface area contributed by atoms with Crippen LogP contribution in [0.1, 0.15) is 91.9 Å². The summed E-state index contributed by atoms with van der Waals surface area (Å²) in [4.78, 5) is 0. The lowest BCUT2D eigenvalue weighted by atomic mass is 9.60. The Morgan fingerprint density at radius 2 is 1.85 bits per heavy atom. The lowest BCUT2D eigenvalue weighted by Crippen LogP contribution is -2.36. The molecule has 2 N–H and O–H groups in total. The Kier molecular flexibility index (Phi) is 6.90. The summed E-state index contributed by atoms with van der Waals surface area (Å²) >= 11 is 0. The van der Waals surface area contributed by atoms with Crippen molar-refractivity contribution in [2.75, 3.05) is 0 Å². The summed E-state index contributed by atoms with van der Waals surface area (Å²) in [7, 11) is 0. The molecule has 0 aromatic heterocycles. The van der Waals surface area contributed by atoms with Crippen LogP contribution in [0.15, 0.2) is 23.3 Å². The van der Waals surface area contributed by atoms with Gasteiger partial charge in [0.1, 0.15) is 0 Å². The Bertz CT molecular complexity index is 549. The SMILES string of the molecule is CCCC[C@H](C)C1CCC2C(=CC=C3C[C@@H](O)C(C)[C@H](O)C3)CCC[C@@]21C. The van der Waals surface area contributed by atoms with Crippen molar-refractivity contribution in [3.05, 3.63) is 23.3 Å². The third-order valence-corrected chi connectivity index (χ3v) is 8.43. The molecule has 3 fully saturated rings. The molecule has 3 aliphatic rings. The first-order chi connectivity index (χ1) is 12.9. The standard InChI is InChI=1S/C25H42O2/c1-5-6-8-17(2)21-12-13-22-20(9-7-14-25(21,22)4)11-10-19-15-23(26)18(3)24(27)16-19/h10-11,17-18,21-24,26-27H,5-9,12-16H2,1-4H3/t17-,18?,21?,22?,23+,24+,25+/m0/s1. The lowest BCUT2D eigenvalue weighted by molar-refractivity contribution is 0.00407. The Balaban J connectivity index is 1.73. The maximum absolute atomic E-state index is 10.2. The van der Waals surface area contributed by atoms with Crippen LogP contribution in [0.2, 0.25) is 0 Å². The lowest BCUT2D eigenvalue weighted by Gasteiger charge is -2.44. The van der Waals surface area contributed by atoms with Crippen molar-refractivity contribution in [1.82, 2.24) is 0 Å². The third-order valence-electron chi connectivity index (χ3n) is 8.43. The Morgan fingerprint density at radius 3 is 2.52 bits per heavy atom. The van der Waals surface area contributed by atoms with Gasteiger partial charge >= 0.3 is 0 Å². The maximum atomic E-state index is 10.2. The van der Waals surface area contributed by atoms with Crippen molar-refractivity contribution in [1.29, 1.82) is 0 Å². The van der Waals surface area contributed by atoms with Crippen LogP contribution in [0.25, 0.3) is 0 Å². The van der Waals surface area contributed by atoms with Crippen molar-refractivity contribution >= 4 is 0 Å². The Labute approximate surface area is 167 Å². The van der Waals surface area contributed by atoms with Crippen LogP contribution in [0.5, 0.6) is 0 Å². The molecule has 6 atom stereocenters. The molecule has 2 nitrogen and oxygen atoms in total. The van der Waals surface area contributed by atoms with E-state index in [0.717, 1.165) is 30.6 Å². The number of unbranched alkanes of at least 4 members (excludes halogenated alkanes) is 1. The molecule has 0 aromatic carbocycles. The highest BCUT2D eigenvalue weighted by molar-refractivity contribution is 5.26. The first-order valence-corrected chi connectivity index (χ1v) is 11.6. The van der Waals surface area contributed by atoms with Crippen LogP contribution < -0.4 is 0 Å². The highest BCUT2D eigenvalue weighted by Gasteiger charge is 2.50. The molecule has 3 aliphatic carbocycles. The van der Waals surface area contributed by atoms with Crippen molar-refractivity contribution < 1.29 is 10.2 Å². The molecule has 0 bridgehead atoms. The summed E-state index contributed by atoms with van der Waals surface area (Å²) < 4.78 is 0. The molecule has 3 saturated carbocycles. The molecule has 3 rings (SSSR count). The summed E-state index contributed by atoms with van der Waals surface area (Å²) in [5.74, 6) is 2.47. The average Bonchev–Trinajstić information content (AvgIpc) is 2.99. The first-order valence-electron chi connectivity index (χ1n) is 11.6. The molecule has 2 heteroatoms. The van der Waals surface area contributed by atoms with Crippen LogP contribution in [0.4, 0.5) is 0 Å². The van der Waals surface area contributed by atoms with Gasteiger partial charge in [0.2, 0.25) is 0 Å². The van der Waals surface area contributed by atoms with E-state index in [1.807, 2.05) is 6.92 Å². The van der Waals surface area contributed by atoms with Crippen LogP contribution in [-0.2, 0) is 0 Å². The highest BCUT2D eigenvalue weighted by atomic mass is 16.3. The first kappa shape index (κ1) is 21.1. The maximum Gasteiger partial charge on any atom is 0.0627 e. The molecule has 0 amide bonds. The number of allylic oxidation sites excluding steroid dienone is 3. The normalized spacial score (nSPS) is 42.2. The average molecular weight is 375 g/mol.